The van der Waals surface area contributed by atoms with Crippen LogP contribution in [0.15, 0.2) is 36.4 Å². The van der Waals surface area contributed by atoms with Crippen molar-refractivity contribution in [2.75, 3.05) is 0 Å². The monoisotopic (exact) mass is 298 g/mol. The molecule has 1 aromatic rings. The molecule has 1 rings (SSSR count). The lowest BCUT2D eigenvalue weighted by Gasteiger charge is -2.05. The first kappa shape index (κ1) is 17.8. The molecule has 0 saturated carbocycles. The molecule has 21 heavy (non-hydrogen) atoms. The van der Waals surface area contributed by atoms with Crippen molar-refractivity contribution in [1.29, 1.82) is 0 Å². The Labute approximate surface area is 126 Å². The van der Waals surface area contributed by atoms with E-state index < -0.39 is 12.6 Å². The van der Waals surface area contributed by atoms with Gasteiger partial charge in [0.05, 0.1) is 0 Å². The molecular weight excluding hydrogens is 273 g/mol. The van der Waals surface area contributed by atoms with Gasteiger partial charge in [0.25, 0.3) is 0 Å². The van der Waals surface area contributed by atoms with Crippen LogP contribution in [-0.4, -0.2) is 6.18 Å². The summed E-state index contributed by atoms with van der Waals surface area (Å²) in [4.78, 5) is 0. The molecule has 118 valence electrons. The summed E-state index contributed by atoms with van der Waals surface area (Å²) in [7, 11) is 0. The van der Waals surface area contributed by atoms with Gasteiger partial charge < -0.3 is 0 Å². The molecule has 0 N–H and O–H groups in total. The Kier molecular flexibility index (Phi) is 8.88. The number of hydrogen-bond acceptors (Lipinski definition) is 0. The highest BCUT2D eigenvalue weighted by molar-refractivity contribution is 5.48. The predicted molar refractivity (Wildman–Crippen MR) is 83.1 cm³/mol. The number of hydrogen-bond donors (Lipinski definition) is 0. The predicted octanol–water partition coefficient (Wildman–Crippen LogP) is 6.77. The molecule has 0 amide bonds. The van der Waals surface area contributed by atoms with Gasteiger partial charge in [0.15, 0.2) is 0 Å². The Balaban J connectivity index is 1.88. The van der Waals surface area contributed by atoms with Gasteiger partial charge >= 0.3 is 6.18 Å². The Morgan fingerprint density at radius 2 is 1.33 bits per heavy atom. The van der Waals surface area contributed by atoms with Crippen LogP contribution in [0.25, 0.3) is 6.08 Å². The van der Waals surface area contributed by atoms with Crippen molar-refractivity contribution in [2.45, 2.75) is 64.0 Å². The van der Waals surface area contributed by atoms with E-state index in [1.807, 2.05) is 18.2 Å². The summed E-state index contributed by atoms with van der Waals surface area (Å²) >= 11 is 0. The van der Waals surface area contributed by atoms with Crippen LogP contribution in [0.4, 0.5) is 13.2 Å². The average Bonchev–Trinajstić information content (AvgIpc) is 2.44. The van der Waals surface area contributed by atoms with Crippen LogP contribution < -0.4 is 0 Å². The minimum absolute atomic E-state index is 0.281. The minimum Gasteiger partial charge on any atom is -0.171 e. The van der Waals surface area contributed by atoms with Crippen molar-refractivity contribution in [3.63, 3.8) is 0 Å². The van der Waals surface area contributed by atoms with Gasteiger partial charge in [-0.15, -0.1) is 0 Å². The van der Waals surface area contributed by atoms with Gasteiger partial charge in [0.1, 0.15) is 0 Å². The number of halogens is 3. The van der Waals surface area contributed by atoms with E-state index in [2.05, 4.69) is 24.3 Å². The van der Waals surface area contributed by atoms with Gasteiger partial charge in [-0.3, -0.25) is 0 Å². The smallest absolute Gasteiger partial charge is 0.171 e. The fourth-order valence-corrected chi connectivity index (χ4v) is 2.26. The Morgan fingerprint density at radius 3 is 1.95 bits per heavy atom. The molecule has 0 heterocycles. The van der Waals surface area contributed by atoms with Gasteiger partial charge in [-0.1, -0.05) is 74.6 Å². The van der Waals surface area contributed by atoms with Crippen molar-refractivity contribution in [3.05, 3.63) is 42.0 Å². The van der Waals surface area contributed by atoms with Crippen LogP contribution >= 0.6 is 0 Å². The second-order valence-corrected chi connectivity index (χ2v) is 5.44. The van der Waals surface area contributed by atoms with E-state index in [1.165, 1.54) is 12.0 Å². The highest BCUT2D eigenvalue weighted by Crippen LogP contribution is 2.23. The van der Waals surface area contributed by atoms with Crippen molar-refractivity contribution in [3.8, 4) is 0 Å². The first-order chi connectivity index (χ1) is 10.1. The third-order valence-electron chi connectivity index (χ3n) is 3.44. The summed E-state index contributed by atoms with van der Waals surface area (Å²) in [6.45, 7) is 0. The third-order valence-corrected chi connectivity index (χ3v) is 3.44. The van der Waals surface area contributed by atoms with Crippen LogP contribution in [0.2, 0.25) is 0 Å². The molecule has 0 nitrogen and oxygen atoms in total. The standard InChI is InChI=1S/C18H25F3/c19-18(20,21)16-12-7-5-3-1-2-4-6-9-13-17-14-10-8-11-15-17/h8-11,13-15H,1-7,12,16H2. The molecule has 0 aliphatic carbocycles. The van der Waals surface area contributed by atoms with Crippen molar-refractivity contribution in [2.24, 2.45) is 0 Å². The van der Waals surface area contributed by atoms with Crippen molar-refractivity contribution >= 4 is 6.08 Å². The maximum absolute atomic E-state index is 11.9. The zero-order valence-electron chi connectivity index (χ0n) is 12.5. The lowest BCUT2D eigenvalue weighted by atomic mass is 10.1. The normalized spacial score (nSPS) is 12.1. The highest BCUT2D eigenvalue weighted by Gasteiger charge is 2.25. The van der Waals surface area contributed by atoms with Gasteiger partial charge in [-0.25, -0.2) is 0 Å². The molecule has 1 aromatic carbocycles. The molecule has 0 spiro atoms. The first-order valence-electron chi connectivity index (χ1n) is 7.86. The largest absolute Gasteiger partial charge is 0.389 e. The first-order valence-corrected chi connectivity index (χ1v) is 7.86. The summed E-state index contributed by atoms with van der Waals surface area (Å²) in [5.74, 6) is 0. The summed E-state index contributed by atoms with van der Waals surface area (Å²) in [6, 6.07) is 10.2. The van der Waals surface area contributed by atoms with Gasteiger partial charge in [-0.05, 0) is 24.8 Å². The highest BCUT2D eigenvalue weighted by atomic mass is 19.4. The summed E-state index contributed by atoms with van der Waals surface area (Å²) in [6.07, 6.45) is 7.21. The van der Waals surface area contributed by atoms with Crippen LogP contribution in [0, 0.1) is 0 Å². The average molecular weight is 298 g/mol. The fourth-order valence-electron chi connectivity index (χ4n) is 2.26. The van der Waals surface area contributed by atoms with Crippen LogP contribution in [-0.2, 0) is 0 Å². The molecule has 0 aromatic heterocycles. The second kappa shape index (κ2) is 10.5. The van der Waals surface area contributed by atoms with E-state index in [-0.39, 0.29) is 6.42 Å². The summed E-state index contributed by atoms with van der Waals surface area (Å²) < 4.78 is 35.8. The zero-order chi connectivity index (χ0) is 15.4. The van der Waals surface area contributed by atoms with Gasteiger partial charge in [0, 0.05) is 6.42 Å². The number of allylic oxidation sites excluding steroid dienone is 1. The molecule has 0 atom stereocenters. The molecule has 0 aliphatic rings. The van der Waals surface area contributed by atoms with E-state index >= 15 is 0 Å². The lowest BCUT2D eigenvalue weighted by Crippen LogP contribution is -2.06. The lowest BCUT2D eigenvalue weighted by molar-refractivity contribution is -0.135. The van der Waals surface area contributed by atoms with E-state index in [4.69, 9.17) is 0 Å². The van der Waals surface area contributed by atoms with Gasteiger partial charge in [-0.2, -0.15) is 13.2 Å². The molecular formula is C18H25F3. The Hall–Kier alpha value is -1.25. The second-order valence-electron chi connectivity index (χ2n) is 5.44. The van der Waals surface area contributed by atoms with Crippen molar-refractivity contribution in [1.82, 2.24) is 0 Å². The molecule has 0 radical (unpaired) electrons. The SMILES string of the molecule is FC(F)(F)CCCCCCCCCC=Cc1ccccc1. The molecule has 0 saturated heterocycles. The van der Waals surface area contributed by atoms with Gasteiger partial charge in [0.2, 0.25) is 0 Å². The molecule has 0 unspecified atom stereocenters. The van der Waals surface area contributed by atoms with Crippen LogP contribution in [0.5, 0.6) is 0 Å². The Bertz CT molecular complexity index is 379. The maximum Gasteiger partial charge on any atom is 0.389 e. The van der Waals surface area contributed by atoms with Crippen LogP contribution in [0.3, 0.4) is 0 Å². The Morgan fingerprint density at radius 1 is 0.762 bits per heavy atom. The van der Waals surface area contributed by atoms with E-state index in [0.29, 0.717) is 6.42 Å². The van der Waals surface area contributed by atoms with Crippen LogP contribution in [0.1, 0.15) is 63.4 Å². The molecule has 0 fully saturated rings. The zero-order valence-corrected chi connectivity index (χ0v) is 12.5. The maximum atomic E-state index is 11.9. The summed E-state index contributed by atoms with van der Waals surface area (Å²) in [5.41, 5.74) is 1.22. The van der Waals surface area contributed by atoms with Crippen molar-refractivity contribution < 1.29 is 13.2 Å². The molecule has 3 heteroatoms. The molecule has 0 aliphatic heterocycles. The number of alkyl halides is 3. The van der Waals surface area contributed by atoms with E-state index in [9.17, 15) is 13.2 Å². The number of unbranched alkanes of at least 4 members (excludes halogenated alkanes) is 7. The number of benzene rings is 1. The minimum atomic E-state index is -3.98. The third kappa shape index (κ3) is 11.1. The van der Waals surface area contributed by atoms with E-state index in [1.54, 1.807) is 0 Å². The fraction of sp³-hybridized carbons (Fsp3) is 0.556. The van der Waals surface area contributed by atoms with E-state index in [0.717, 1.165) is 32.1 Å². The molecule has 0 bridgehead atoms. The summed E-state index contributed by atoms with van der Waals surface area (Å²) in [5, 5.41) is 0. The topological polar surface area (TPSA) is 0 Å². The quantitative estimate of drug-likeness (QED) is 0.418. The number of rotatable bonds is 10.